The van der Waals surface area contributed by atoms with E-state index < -0.39 is 17.7 Å². The van der Waals surface area contributed by atoms with E-state index in [0.717, 1.165) is 11.1 Å². The van der Waals surface area contributed by atoms with Crippen molar-refractivity contribution < 1.29 is 23.8 Å². The van der Waals surface area contributed by atoms with Gasteiger partial charge in [-0.1, -0.05) is 24.3 Å². The van der Waals surface area contributed by atoms with Crippen LogP contribution in [0.4, 0.5) is 0 Å². The minimum Gasteiger partial charge on any atom is -0.507 e. The number of ketones is 1. The van der Waals surface area contributed by atoms with Gasteiger partial charge in [-0.25, -0.2) is 0 Å². The van der Waals surface area contributed by atoms with Crippen molar-refractivity contribution in [3.05, 3.63) is 93.4 Å². The van der Waals surface area contributed by atoms with Gasteiger partial charge in [-0.3, -0.25) is 9.59 Å². The number of benzene rings is 2. The first-order valence-corrected chi connectivity index (χ1v) is 10.4. The lowest BCUT2D eigenvalue weighted by molar-refractivity contribution is -0.140. The molecule has 1 amide bonds. The summed E-state index contributed by atoms with van der Waals surface area (Å²) in [5.74, 6) is -0.516. The molecular weight excluding hydrogens is 462 g/mol. The van der Waals surface area contributed by atoms with Crippen LogP contribution in [0, 0.1) is 6.92 Å². The number of carbonyl (C=O) groups excluding carboxylic acids is 2. The van der Waals surface area contributed by atoms with Gasteiger partial charge in [0.15, 0.2) is 0 Å². The van der Waals surface area contributed by atoms with E-state index in [1.165, 1.54) is 18.3 Å². The number of halogens is 1. The van der Waals surface area contributed by atoms with Crippen molar-refractivity contribution in [2.24, 2.45) is 0 Å². The van der Waals surface area contributed by atoms with Gasteiger partial charge in [0.25, 0.3) is 11.7 Å². The van der Waals surface area contributed by atoms with Crippen molar-refractivity contribution in [2.45, 2.75) is 19.5 Å². The number of nitrogens with zero attached hydrogens (tertiary/aromatic N) is 1. The van der Waals surface area contributed by atoms with Crippen LogP contribution in [0.15, 0.2) is 75.3 Å². The molecule has 31 heavy (non-hydrogen) atoms. The number of likely N-dealkylation sites (tertiary alicyclic amines) is 1. The zero-order valence-electron chi connectivity index (χ0n) is 17.0. The van der Waals surface area contributed by atoms with E-state index in [2.05, 4.69) is 15.9 Å². The summed E-state index contributed by atoms with van der Waals surface area (Å²) >= 11 is 3.40. The number of aryl methyl sites for hydroxylation is 1. The van der Waals surface area contributed by atoms with Gasteiger partial charge in [-0.2, -0.15) is 0 Å². The fourth-order valence-electron chi connectivity index (χ4n) is 3.80. The number of ether oxygens (including phenoxy) is 1. The molecule has 1 unspecified atom stereocenters. The molecule has 7 heteroatoms. The molecule has 158 valence electrons. The van der Waals surface area contributed by atoms with Crippen molar-refractivity contribution >= 4 is 33.4 Å². The summed E-state index contributed by atoms with van der Waals surface area (Å²) in [7, 11) is 1.54. The van der Waals surface area contributed by atoms with Crippen molar-refractivity contribution in [3.63, 3.8) is 0 Å². The Morgan fingerprint density at radius 3 is 2.58 bits per heavy atom. The Labute approximate surface area is 187 Å². The van der Waals surface area contributed by atoms with E-state index in [1.54, 1.807) is 30.3 Å². The summed E-state index contributed by atoms with van der Waals surface area (Å²) in [6.07, 6.45) is 1.52. The van der Waals surface area contributed by atoms with E-state index in [1.807, 2.05) is 31.2 Å². The van der Waals surface area contributed by atoms with Crippen LogP contribution >= 0.6 is 15.9 Å². The standard InChI is InChI=1S/C24H20BrNO5/c1-14-6-3-4-8-17(14)21-20(22(27)15-9-10-19(30-2)18(25)12-15)23(28)24(29)26(21)13-16-7-5-11-31-16/h3-12,21,27H,13H2,1-2H3/b22-20+. The number of methoxy groups -OCH3 is 1. The molecule has 1 aromatic heterocycles. The molecule has 4 rings (SSSR count). The van der Waals surface area contributed by atoms with Gasteiger partial charge in [0.1, 0.15) is 17.3 Å². The molecule has 3 aromatic rings. The van der Waals surface area contributed by atoms with E-state index in [9.17, 15) is 14.7 Å². The number of aliphatic hydroxyl groups is 1. The van der Waals surface area contributed by atoms with Gasteiger partial charge in [0.05, 0.1) is 36.0 Å². The van der Waals surface area contributed by atoms with Crippen LogP contribution in [0.1, 0.15) is 28.5 Å². The number of Topliss-reactive ketones (excluding diaryl/α,β-unsaturated/α-hetero) is 1. The highest BCUT2D eigenvalue weighted by atomic mass is 79.9. The van der Waals surface area contributed by atoms with Gasteiger partial charge < -0.3 is 19.2 Å². The summed E-state index contributed by atoms with van der Waals surface area (Å²) in [5.41, 5.74) is 2.12. The molecule has 0 aliphatic carbocycles. The highest BCUT2D eigenvalue weighted by Crippen LogP contribution is 2.42. The smallest absolute Gasteiger partial charge is 0.296 e. The third-order valence-corrected chi connectivity index (χ3v) is 5.97. The van der Waals surface area contributed by atoms with Crippen LogP contribution in [-0.4, -0.2) is 28.8 Å². The van der Waals surface area contributed by atoms with E-state index in [-0.39, 0.29) is 17.9 Å². The first-order valence-electron chi connectivity index (χ1n) is 9.62. The maximum absolute atomic E-state index is 13.1. The van der Waals surface area contributed by atoms with Gasteiger partial charge in [0, 0.05) is 5.56 Å². The number of aliphatic hydroxyl groups excluding tert-OH is 1. The molecule has 1 aliphatic rings. The Bertz CT molecular complexity index is 1180. The highest BCUT2D eigenvalue weighted by molar-refractivity contribution is 9.10. The lowest BCUT2D eigenvalue weighted by Gasteiger charge is -2.25. The second-order valence-electron chi connectivity index (χ2n) is 7.21. The Morgan fingerprint density at radius 2 is 1.94 bits per heavy atom. The van der Waals surface area contributed by atoms with Gasteiger partial charge in [-0.05, 0) is 64.3 Å². The second-order valence-corrected chi connectivity index (χ2v) is 8.07. The van der Waals surface area contributed by atoms with E-state index in [4.69, 9.17) is 9.15 Å². The molecule has 1 atom stereocenters. The van der Waals surface area contributed by atoms with Crippen LogP contribution in [0.3, 0.4) is 0 Å². The average Bonchev–Trinajstić information content (AvgIpc) is 3.36. The predicted octanol–water partition coefficient (Wildman–Crippen LogP) is 4.98. The summed E-state index contributed by atoms with van der Waals surface area (Å²) in [6, 6.07) is 15.2. The van der Waals surface area contributed by atoms with Crippen LogP contribution in [0.2, 0.25) is 0 Å². The largest absolute Gasteiger partial charge is 0.507 e. The average molecular weight is 482 g/mol. The number of carbonyl (C=O) groups is 2. The SMILES string of the molecule is COc1ccc(/C(O)=C2\C(=O)C(=O)N(Cc3ccco3)C2c2ccccc2C)cc1Br. The third-order valence-electron chi connectivity index (χ3n) is 5.35. The van der Waals surface area contributed by atoms with E-state index >= 15 is 0 Å². The highest BCUT2D eigenvalue weighted by Gasteiger charge is 2.46. The number of furan rings is 1. The molecule has 0 spiro atoms. The predicted molar refractivity (Wildman–Crippen MR) is 118 cm³/mol. The molecule has 0 bridgehead atoms. The van der Waals surface area contributed by atoms with Crippen LogP contribution in [-0.2, 0) is 16.1 Å². The summed E-state index contributed by atoms with van der Waals surface area (Å²) < 4.78 is 11.3. The number of hydrogen-bond donors (Lipinski definition) is 1. The first-order chi connectivity index (χ1) is 14.9. The Balaban J connectivity index is 1.89. The fraction of sp³-hybridized carbons (Fsp3) is 0.167. The van der Waals surface area contributed by atoms with E-state index in [0.29, 0.717) is 21.5 Å². The Morgan fingerprint density at radius 1 is 1.16 bits per heavy atom. The van der Waals surface area contributed by atoms with Crippen molar-refractivity contribution in [1.29, 1.82) is 0 Å². The van der Waals surface area contributed by atoms with Crippen molar-refractivity contribution in [2.75, 3.05) is 7.11 Å². The lowest BCUT2D eigenvalue weighted by atomic mass is 9.92. The molecule has 1 N–H and O–H groups in total. The minimum absolute atomic E-state index is 0.0444. The molecule has 6 nitrogen and oxygen atoms in total. The molecule has 0 radical (unpaired) electrons. The second kappa shape index (κ2) is 8.43. The maximum atomic E-state index is 13.1. The summed E-state index contributed by atoms with van der Waals surface area (Å²) in [6.45, 7) is 2.02. The van der Waals surface area contributed by atoms with Crippen molar-refractivity contribution in [3.8, 4) is 5.75 Å². The topological polar surface area (TPSA) is 80.0 Å². The zero-order valence-corrected chi connectivity index (χ0v) is 18.5. The normalized spacial score (nSPS) is 17.9. The lowest BCUT2D eigenvalue weighted by Crippen LogP contribution is -2.29. The quantitative estimate of drug-likeness (QED) is 0.315. The molecule has 1 fully saturated rings. The molecular formula is C24H20BrNO5. The summed E-state index contributed by atoms with van der Waals surface area (Å²) in [5, 5.41) is 11.2. The monoisotopic (exact) mass is 481 g/mol. The zero-order chi connectivity index (χ0) is 22.1. The Kier molecular flexibility index (Phi) is 5.69. The molecule has 2 aromatic carbocycles. The summed E-state index contributed by atoms with van der Waals surface area (Å²) in [4.78, 5) is 27.5. The van der Waals surface area contributed by atoms with Crippen LogP contribution in [0.5, 0.6) is 5.75 Å². The minimum atomic E-state index is -0.743. The molecule has 1 aliphatic heterocycles. The fourth-order valence-corrected chi connectivity index (χ4v) is 4.34. The number of hydrogen-bond acceptors (Lipinski definition) is 5. The molecule has 0 saturated carbocycles. The van der Waals surface area contributed by atoms with Gasteiger partial charge in [0.2, 0.25) is 0 Å². The Hall–Kier alpha value is -3.32. The van der Waals surface area contributed by atoms with Gasteiger partial charge >= 0.3 is 0 Å². The van der Waals surface area contributed by atoms with Gasteiger partial charge in [-0.15, -0.1) is 0 Å². The molecule has 1 saturated heterocycles. The maximum Gasteiger partial charge on any atom is 0.296 e. The third kappa shape index (κ3) is 3.77. The van der Waals surface area contributed by atoms with Crippen LogP contribution < -0.4 is 4.74 Å². The first kappa shape index (κ1) is 20.9. The number of amides is 1. The number of rotatable bonds is 5. The molecule has 2 heterocycles. The van der Waals surface area contributed by atoms with Crippen molar-refractivity contribution in [1.82, 2.24) is 4.90 Å². The van der Waals surface area contributed by atoms with Crippen LogP contribution in [0.25, 0.3) is 5.76 Å².